The number of aliphatic hydroxyl groups is 1. The van der Waals surface area contributed by atoms with Crippen LogP contribution in [0.25, 0.3) is 0 Å². The molecule has 5 heteroatoms. The summed E-state index contributed by atoms with van der Waals surface area (Å²) in [7, 11) is 0. The van der Waals surface area contributed by atoms with E-state index in [0.717, 1.165) is 18.5 Å². The first kappa shape index (κ1) is 14.7. The van der Waals surface area contributed by atoms with Crippen molar-refractivity contribution in [3.8, 4) is 0 Å². The molecule has 2 fully saturated rings. The van der Waals surface area contributed by atoms with Gasteiger partial charge in [0.15, 0.2) is 0 Å². The largest absolute Gasteiger partial charge is 0.393 e. The summed E-state index contributed by atoms with van der Waals surface area (Å²) >= 11 is 4.09. The smallest absolute Gasteiger partial charge is 0.0576 e. The molecule has 0 spiro atoms. The highest BCUT2D eigenvalue weighted by Crippen LogP contribution is 2.38. The fraction of sp³-hybridized carbons (Fsp3) is 0.667. The molecule has 3 rings (SSSR count). The Labute approximate surface area is 129 Å². The second kappa shape index (κ2) is 7.16. The standard InChI is InChI=1S/C15H22N2OS2/c18-13-7-11(8-13)15(14-3-1-2-4-16-14)17-12-9-19-5-6-20-10-12/h1-4,11-13,15,17-18H,5-10H2. The molecule has 110 valence electrons. The maximum atomic E-state index is 9.61. The summed E-state index contributed by atoms with van der Waals surface area (Å²) in [5.41, 5.74) is 1.13. The average molecular weight is 310 g/mol. The number of aliphatic hydroxyl groups excluding tert-OH is 1. The van der Waals surface area contributed by atoms with Crippen molar-refractivity contribution in [1.29, 1.82) is 0 Å². The van der Waals surface area contributed by atoms with E-state index >= 15 is 0 Å². The van der Waals surface area contributed by atoms with Crippen LogP contribution in [0.2, 0.25) is 0 Å². The van der Waals surface area contributed by atoms with Gasteiger partial charge in [-0.05, 0) is 30.9 Å². The quantitative estimate of drug-likeness (QED) is 0.894. The first-order valence-corrected chi connectivity index (χ1v) is 9.64. The summed E-state index contributed by atoms with van der Waals surface area (Å²) in [6.45, 7) is 0. The van der Waals surface area contributed by atoms with Crippen LogP contribution in [0.1, 0.15) is 24.6 Å². The monoisotopic (exact) mass is 310 g/mol. The van der Waals surface area contributed by atoms with E-state index in [1.54, 1.807) is 0 Å². The molecule has 1 aromatic heterocycles. The van der Waals surface area contributed by atoms with Crippen LogP contribution in [0.5, 0.6) is 0 Å². The van der Waals surface area contributed by atoms with E-state index in [4.69, 9.17) is 0 Å². The molecule has 0 aromatic carbocycles. The Morgan fingerprint density at radius 3 is 2.55 bits per heavy atom. The molecule has 2 aliphatic rings. The molecule has 2 heterocycles. The molecule has 1 aliphatic carbocycles. The summed E-state index contributed by atoms with van der Waals surface area (Å²) in [4.78, 5) is 4.54. The fourth-order valence-corrected chi connectivity index (χ4v) is 5.31. The number of pyridine rings is 1. The van der Waals surface area contributed by atoms with Crippen LogP contribution in [0.15, 0.2) is 24.4 Å². The molecule has 1 saturated heterocycles. The van der Waals surface area contributed by atoms with Crippen molar-refractivity contribution in [2.24, 2.45) is 5.92 Å². The lowest BCUT2D eigenvalue weighted by Gasteiger charge is -2.39. The molecule has 0 radical (unpaired) electrons. The van der Waals surface area contributed by atoms with Gasteiger partial charge in [0, 0.05) is 35.3 Å². The molecule has 0 bridgehead atoms. The van der Waals surface area contributed by atoms with Crippen LogP contribution in [0, 0.1) is 5.92 Å². The van der Waals surface area contributed by atoms with E-state index in [1.165, 1.54) is 23.0 Å². The van der Waals surface area contributed by atoms with Crippen LogP contribution >= 0.6 is 23.5 Å². The third-order valence-electron chi connectivity index (χ3n) is 4.05. The molecule has 0 amide bonds. The van der Waals surface area contributed by atoms with Crippen LogP contribution in [-0.4, -0.2) is 45.2 Å². The highest BCUT2D eigenvalue weighted by Gasteiger charge is 2.36. The molecule has 1 aliphatic heterocycles. The van der Waals surface area contributed by atoms with E-state index in [1.807, 2.05) is 35.8 Å². The molecule has 1 aromatic rings. The van der Waals surface area contributed by atoms with Gasteiger partial charge in [-0.1, -0.05) is 6.07 Å². The summed E-state index contributed by atoms with van der Waals surface area (Å²) in [6, 6.07) is 6.98. The minimum absolute atomic E-state index is 0.106. The normalized spacial score (nSPS) is 29.4. The Hall–Kier alpha value is -0.230. The zero-order valence-corrected chi connectivity index (χ0v) is 13.2. The third-order valence-corrected chi connectivity index (χ3v) is 6.57. The van der Waals surface area contributed by atoms with Gasteiger partial charge in [-0.15, -0.1) is 0 Å². The number of thioether (sulfide) groups is 2. The van der Waals surface area contributed by atoms with E-state index in [9.17, 15) is 5.11 Å². The first-order chi connectivity index (χ1) is 9.83. The summed E-state index contributed by atoms with van der Waals surface area (Å²) in [6.07, 6.45) is 3.57. The molecule has 1 saturated carbocycles. The third kappa shape index (κ3) is 3.70. The molecule has 20 heavy (non-hydrogen) atoms. The van der Waals surface area contributed by atoms with Crippen molar-refractivity contribution in [2.45, 2.75) is 31.0 Å². The van der Waals surface area contributed by atoms with E-state index in [2.05, 4.69) is 22.4 Å². The predicted octanol–water partition coefficient (Wildman–Crippen LogP) is 2.33. The predicted molar refractivity (Wildman–Crippen MR) is 87.3 cm³/mol. The van der Waals surface area contributed by atoms with Gasteiger partial charge in [0.05, 0.1) is 17.8 Å². The van der Waals surface area contributed by atoms with Crippen LogP contribution < -0.4 is 5.32 Å². The van der Waals surface area contributed by atoms with Gasteiger partial charge in [-0.2, -0.15) is 23.5 Å². The zero-order chi connectivity index (χ0) is 13.8. The highest BCUT2D eigenvalue weighted by atomic mass is 32.2. The van der Waals surface area contributed by atoms with Crippen molar-refractivity contribution in [3.63, 3.8) is 0 Å². The van der Waals surface area contributed by atoms with Gasteiger partial charge in [-0.3, -0.25) is 4.98 Å². The Balaban J connectivity index is 1.68. The lowest BCUT2D eigenvalue weighted by atomic mass is 9.76. The topological polar surface area (TPSA) is 45.1 Å². The number of rotatable bonds is 4. The Bertz CT molecular complexity index is 404. The van der Waals surface area contributed by atoms with E-state index in [0.29, 0.717) is 18.0 Å². The Morgan fingerprint density at radius 2 is 1.95 bits per heavy atom. The minimum Gasteiger partial charge on any atom is -0.393 e. The number of hydrogen-bond donors (Lipinski definition) is 2. The second-order valence-electron chi connectivity index (χ2n) is 5.63. The maximum Gasteiger partial charge on any atom is 0.0576 e. The number of hydrogen-bond acceptors (Lipinski definition) is 5. The lowest BCUT2D eigenvalue weighted by Crippen LogP contribution is -2.45. The molecule has 2 N–H and O–H groups in total. The Kier molecular flexibility index (Phi) is 5.26. The van der Waals surface area contributed by atoms with Crippen molar-refractivity contribution < 1.29 is 5.11 Å². The minimum atomic E-state index is -0.106. The Morgan fingerprint density at radius 1 is 1.20 bits per heavy atom. The van der Waals surface area contributed by atoms with E-state index < -0.39 is 0 Å². The second-order valence-corrected chi connectivity index (χ2v) is 7.93. The summed E-state index contributed by atoms with van der Waals surface area (Å²) in [5.74, 6) is 5.42. The van der Waals surface area contributed by atoms with Gasteiger partial charge in [0.2, 0.25) is 0 Å². The summed E-state index contributed by atoms with van der Waals surface area (Å²) < 4.78 is 0. The van der Waals surface area contributed by atoms with Gasteiger partial charge in [0.1, 0.15) is 0 Å². The van der Waals surface area contributed by atoms with Gasteiger partial charge in [0.25, 0.3) is 0 Å². The fourth-order valence-electron chi connectivity index (χ4n) is 2.89. The van der Waals surface area contributed by atoms with Gasteiger partial charge >= 0.3 is 0 Å². The average Bonchev–Trinajstić information content (AvgIpc) is 2.71. The molecule has 1 unspecified atom stereocenters. The van der Waals surface area contributed by atoms with Crippen molar-refractivity contribution >= 4 is 23.5 Å². The lowest BCUT2D eigenvalue weighted by molar-refractivity contribution is 0.0220. The molecule has 1 atom stereocenters. The summed E-state index contributed by atoms with van der Waals surface area (Å²) in [5, 5.41) is 13.4. The number of aromatic nitrogens is 1. The SMILES string of the molecule is OC1CC(C(NC2CSCCSC2)c2ccccn2)C1. The molecular weight excluding hydrogens is 288 g/mol. The molecular formula is C15H22N2OS2. The van der Waals surface area contributed by atoms with Gasteiger partial charge in [-0.25, -0.2) is 0 Å². The first-order valence-electron chi connectivity index (χ1n) is 7.33. The van der Waals surface area contributed by atoms with E-state index in [-0.39, 0.29) is 6.10 Å². The van der Waals surface area contributed by atoms with Gasteiger partial charge < -0.3 is 10.4 Å². The maximum absolute atomic E-state index is 9.61. The zero-order valence-electron chi connectivity index (χ0n) is 11.6. The van der Waals surface area contributed by atoms with Crippen molar-refractivity contribution in [3.05, 3.63) is 30.1 Å². The number of nitrogens with one attached hydrogen (secondary N) is 1. The van der Waals surface area contributed by atoms with Crippen molar-refractivity contribution in [2.75, 3.05) is 23.0 Å². The highest BCUT2D eigenvalue weighted by molar-refractivity contribution is 8.03. The number of nitrogens with zero attached hydrogens (tertiary/aromatic N) is 1. The van der Waals surface area contributed by atoms with Crippen LogP contribution in [-0.2, 0) is 0 Å². The molecule has 3 nitrogen and oxygen atoms in total. The van der Waals surface area contributed by atoms with Crippen molar-refractivity contribution in [1.82, 2.24) is 10.3 Å². The van der Waals surface area contributed by atoms with Crippen LogP contribution in [0.4, 0.5) is 0 Å². The van der Waals surface area contributed by atoms with Crippen LogP contribution in [0.3, 0.4) is 0 Å².